The molecule has 3 aromatic rings. The zero-order valence-electron chi connectivity index (χ0n) is 49.5. The molecule has 5 amide bonds. The standard InChI is InChI=1S/C62H89ClN6O13/c1-35-32-61(6,77)56(82-60-53(72)48(68(8)9)27-36(2)79-60)37(3)54(81-51-33-62(7,78-11)55(73)39(5)80-51)38(4)57(74)67-52(42-23-24-42)59(76)65-45(31-50(71)69(10)34-35)28-41-21-25-44(26-22-41)64-58(75)47(30-43-19-15-16-20-46(43)63)66-49(70)29-40-17-13-12-14-18-40/h12-22,25-26,35-39,42,45,47-48,51-56,60,72-73,77H,23-24,27-34H2,1-11H3,(H,64,75)(H,65,76)(H,66,70)(H,67,74)/t35-,36-,37+,38-,39+,45-,47+,48+,51+,52+,53-,54+,55+,56-,60+,61-,62-/m1/s1. The van der Waals surface area contributed by atoms with E-state index in [1.54, 1.807) is 76.0 Å². The van der Waals surface area contributed by atoms with Gasteiger partial charge in [-0.1, -0.05) is 93.0 Å². The van der Waals surface area contributed by atoms with Gasteiger partial charge in [-0.2, -0.15) is 0 Å². The first-order valence-corrected chi connectivity index (χ1v) is 29.4. The number of nitrogens with zero attached hydrogens (tertiary/aromatic N) is 2. The quantitative estimate of drug-likeness (QED) is 0.0978. The van der Waals surface area contributed by atoms with E-state index in [0.29, 0.717) is 35.5 Å². The number of benzene rings is 3. The van der Waals surface area contributed by atoms with Crippen molar-refractivity contribution in [3.63, 3.8) is 0 Å². The van der Waals surface area contributed by atoms with Crippen LogP contribution in [0.2, 0.25) is 5.02 Å². The minimum atomic E-state index is -1.70. The second-order valence-electron chi connectivity index (χ2n) is 24.5. The SMILES string of the molecule is CO[C@]1(C)C[C@H](O[C@H]2[C@H](C)[C@@H](O[C@@H]3O[C@H](C)C[C@H](N(C)C)[C@H]3O)[C@](C)(O)C[C@@H](C)CN(C)C(=O)C[C@@H](Cc3ccc(NC(=O)[C@H](Cc4ccccc4Cl)NC(=O)Cc4ccccc4)cc3)NC(=O)[C@H](C3CC3)NC(=O)[C@@H]2C)O[C@@H](C)[C@@H]1O. The normalized spacial score (nSPS) is 34.1. The molecule has 7 N–H and O–H groups in total. The summed E-state index contributed by atoms with van der Waals surface area (Å²) < 4.78 is 32.1. The Balaban J connectivity index is 1.15. The number of amides is 5. The smallest absolute Gasteiger partial charge is 0.247 e. The summed E-state index contributed by atoms with van der Waals surface area (Å²) in [5.74, 6) is -4.39. The lowest BCUT2D eigenvalue weighted by Crippen LogP contribution is -2.61. The number of likely N-dealkylation sites (N-methyl/N-ethyl adjacent to an activating group) is 1. The van der Waals surface area contributed by atoms with E-state index in [4.69, 9.17) is 35.3 Å². The molecule has 452 valence electrons. The van der Waals surface area contributed by atoms with Crippen LogP contribution in [0.3, 0.4) is 0 Å². The maximum Gasteiger partial charge on any atom is 0.247 e. The van der Waals surface area contributed by atoms with Crippen molar-refractivity contribution in [2.24, 2.45) is 23.7 Å². The van der Waals surface area contributed by atoms with E-state index in [-0.39, 0.29) is 80.9 Å². The molecule has 82 heavy (non-hydrogen) atoms. The van der Waals surface area contributed by atoms with Gasteiger partial charge in [-0.15, -0.1) is 0 Å². The van der Waals surface area contributed by atoms with Crippen molar-refractivity contribution in [3.8, 4) is 0 Å². The van der Waals surface area contributed by atoms with Crippen LogP contribution in [0, 0.1) is 23.7 Å². The molecule has 1 saturated carbocycles. The zero-order valence-corrected chi connectivity index (χ0v) is 50.3. The fourth-order valence-electron chi connectivity index (χ4n) is 12.2. The molecule has 19 nitrogen and oxygen atoms in total. The lowest BCUT2D eigenvalue weighted by atomic mass is 9.77. The third-order valence-corrected chi connectivity index (χ3v) is 17.4. The predicted octanol–water partition coefficient (Wildman–Crippen LogP) is 5.18. The van der Waals surface area contributed by atoms with Crippen LogP contribution in [0.5, 0.6) is 0 Å². The third kappa shape index (κ3) is 16.8. The van der Waals surface area contributed by atoms with Crippen LogP contribution in [0.25, 0.3) is 0 Å². The molecule has 3 heterocycles. The second-order valence-corrected chi connectivity index (χ2v) is 24.9. The Hall–Kier alpha value is -5.06. The molecule has 3 saturated heterocycles. The molecule has 0 unspecified atom stereocenters. The van der Waals surface area contributed by atoms with Crippen molar-refractivity contribution < 1.29 is 63.0 Å². The van der Waals surface area contributed by atoms with Gasteiger partial charge in [0, 0.05) is 68.7 Å². The number of carbonyl (C=O) groups is 5. The molecule has 20 heteroatoms. The Bertz CT molecular complexity index is 2630. The van der Waals surface area contributed by atoms with Crippen LogP contribution in [0.1, 0.15) is 104 Å². The van der Waals surface area contributed by atoms with E-state index in [1.165, 1.54) is 7.11 Å². The van der Waals surface area contributed by atoms with Gasteiger partial charge >= 0.3 is 0 Å². The Morgan fingerprint density at radius 1 is 0.878 bits per heavy atom. The van der Waals surface area contributed by atoms with E-state index < -0.39 is 102 Å². The molecule has 17 atom stereocenters. The van der Waals surface area contributed by atoms with Gasteiger partial charge in [0.1, 0.15) is 24.3 Å². The summed E-state index contributed by atoms with van der Waals surface area (Å²) in [6, 6.07) is 20.4. The molecule has 4 fully saturated rings. The summed E-state index contributed by atoms with van der Waals surface area (Å²) in [4.78, 5) is 74.8. The Labute approximate surface area is 488 Å². The molecule has 0 spiro atoms. The lowest BCUT2D eigenvalue weighted by molar-refractivity contribution is -0.317. The van der Waals surface area contributed by atoms with Crippen LogP contribution in [-0.2, 0) is 66.9 Å². The number of aliphatic hydroxyl groups excluding tert-OH is 2. The van der Waals surface area contributed by atoms with Crippen LogP contribution in [-0.4, -0.2) is 174 Å². The molecule has 0 aromatic heterocycles. The van der Waals surface area contributed by atoms with E-state index in [0.717, 1.165) is 11.1 Å². The van der Waals surface area contributed by atoms with E-state index in [2.05, 4.69) is 21.3 Å². The highest BCUT2D eigenvalue weighted by Crippen LogP contribution is 2.40. The molecular weight excluding hydrogens is 1070 g/mol. The largest absolute Gasteiger partial charge is 0.387 e. The van der Waals surface area contributed by atoms with Gasteiger partial charge in [0.25, 0.3) is 0 Å². The van der Waals surface area contributed by atoms with Crippen LogP contribution >= 0.6 is 11.6 Å². The number of hydrogen-bond donors (Lipinski definition) is 7. The molecule has 3 aliphatic heterocycles. The highest BCUT2D eigenvalue weighted by Gasteiger charge is 2.52. The number of ether oxygens (including phenoxy) is 5. The summed E-state index contributed by atoms with van der Waals surface area (Å²) >= 11 is 6.52. The monoisotopic (exact) mass is 1160 g/mol. The number of carbonyl (C=O) groups excluding carboxylic acids is 5. The highest BCUT2D eigenvalue weighted by atomic mass is 35.5. The number of rotatable bonds is 16. The minimum absolute atomic E-state index is 0.0782. The Kier molecular flexibility index (Phi) is 22.2. The molecule has 1 aliphatic carbocycles. The van der Waals surface area contributed by atoms with Gasteiger partial charge in [0.15, 0.2) is 12.6 Å². The summed E-state index contributed by atoms with van der Waals surface area (Å²) in [5, 5.41) is 48.4. The van der Waals surface area contributed by atoms with Crippen molar-refractivity contribution in [3.05, 3.63) is 101 Å². The maximum atomic E-state index is 15.0. The van der Waals surface area contributed by atoms with Crippen molar-refractivity contribution >= 4 is 46.8 Å². The van der Waals surface area contributed by atoms with Gasteiger partial charge in [0.05, 0.1) is 48.0 Å². The van der Waals surface area contributed by atoms with Crippen LogP contribution in [0.4, 0.5) is 5.69 Å². The average Bonchev–Trinajstić information content (AvgIpc) is 4.31. The Morgan fingerprint density at radius 2 is 1.55 bits per heavy atom. The van der Waals surface area contributed by atoms with Gasteiger partial charge < -0.3 is 70.1 Å². The highest BCUT2D eigenvalue weighted by molar-refractivity contribution is 6.31. The molecule has 0 bridgehead atoms. The number of anilines is 1. The van der Waals surface area contributed by atoms with Gasteiger partial charge in [0.2, 0.25) is 29.5 Å². The fourth-order valence-corrected chi connectivity index (χ4v) is 12.4. The number of methoxy groups -OCH3 is 1. The molecule has 4 aliphatic rings. The summed E-state index contributed by atoms with van der Waals surface area (Å²) in [6.45, 7) is 12.6. The zero-order chi connectivity index (χ0) is 59.8. The first-order chi connectivity index (χ1) is 38.7. The van der Waals surface area contributed by atoms with Crippen molar-refractivity contribution in [1.29, 1.82) is 0 Å². The third-order valence-electron chi connectivity index (χ3n) is 17.0. The number of halogens is 1. The molecule has 3 aromatic carbocycles. The molecular formula is C62H89ClN6O13. The average molecular weight is 1160 g/mol. The number of aliphatic hydroxyl groups is 3. The number of hydrogen-bond acceptors (Lipinski definition) is 14. The summed E-state index contributed by atoms with van der Waals surface area (Å²) in [6.07, 6.45) is -5.19. The van der Waals surface area contributed by atoms with E-state index in [1.807, 2.05) is 82.2 Å². The summed E-state index contributed by atoms with van der Waals surface area (Å²) in [7, 11) is 6.92. The van der Waals surface area contributed by atoms with Gasteiger partial charge in [-0.25, -0.2) is 0 Å². The van der Waals surface area contributed by atoms with Gasteiger partial charge in [-0.05, 0) is 121 Å². The van der Waals surface area contributed by atoms with Crippen LogP contribution < -0.4 is 21.3 Å². The molecule has 7 rings (SSSR count). The summed E-state index contributed by atoms with van der Waals surface area (Å²) in [5.41, 5.74) is -0.0960. The van der Waals surface area contributed by atoms with E-state index >= 15 is 0 Å². The van der Waals surface area contributed by atoms with Crippen molar-refractivity contribution in [1.82, 2.24) is 25.8 Å². The van der Waals surface area contributed by atoms with Gasteiger partial charge in [-0.3, -0.25) is 24.0 Å². The van der Waals surface area contributed by atoms with E-state index in [9.17, 15) is 39.3 Å². The minimum Gasteiger partial charge on any atom is -0.387 e. The van der Waals surface area contributed by atoms with Crippen molar-refractivity contribution in [2.45, 2.75) is 191 Å². The molecule has 0 radical (unpaired) electrons. The lowest BCUT2D eigenvalue weighted by Gasteiger charge is -2.49. The second kappa shape index (κ2) is 28.2. The predicted molar refractivity (Wildman–Crippen MR) is 310 cm³/mol. The van der Waals surface area contributed by atoms with Crippen molar-refractivity contribution in [2.75, 3.05) is 40.1 Å². The topological polar surface area (TPSA) is 247 Å². The first-order valence-electron chi connectivity index (χ1n) is 29.0. The Morgan fingerprint density at radius 3 is 2.20 bits per heavy atom. The van der Waals surface area contributed by atoms with Crippen LogP contribution in [0.15, 0.2) is 78.9 Å². The number of nitrogens with one attached hydrogen (secondary N) is 4. The fraction of sp³-hybridized carbons (Fsp3) is 0.629. The first kappa shape index (κ1) is 64.5. The maximum absolute atomic E-state index is 15.0.